The molecule has 1 N–H and O–H groups in total. The highest BCUT2D eigenvalue weighted by molar-refractivity contribution is 5.89. The first-order valence-electron chi connectivity index (χ1n) is 6.76. The first-order chi connectivity index (χ1) is 8.54. The summed E-state index contributed by atoms with van der Waals surface area (Å²) in [6.45, 7) is 5.28. The number of likely N-dealkylation sites (tertiary alicyclic amines) is 1. The fraction of sp³-hybridized carbons (Fsp3) is 0.846. The van der Waals surface area contributed by atoms with Crippen LogP contribution in [0.1, 0.15) is 26.2 Å². The van der Waals surface area contributed by atoms with Crippen molar-refractivity contribution in [2.45, 2.75) is 32.2 Å². The zero-order valence-electron chi connectivity index (χ0n) is 11.1. The van der Waals surface area contributed by atoms with Gasteiger partial charge in [0.25, 0.3) is 0 Å². The summed E-state index contributed by atoms with van der Waals surface area (Å²) in [6, 6.07) is 0.287. The number of carboxylic acid groups (broad SMARTS) is 1. The molecule has 0 radical (unpaired) electrons. The number of hydrogen-bond acceptors (Lipinski definition) is 3. The average Bonchev–Trinajstić information content (AvgIpc) is 3.17. The molecule has 2 aliphatic rings. The second-order valence-electron chi connectivity index (χ2n) is 5.40. The molecule has 1 amide bonds. The average molecular weight is 254 g/mol. The predicted octanol–water partition coefficient (Wildman–Crippen LogP) is 0.650. The molecule has 1 aliphatic carbocycles. The first-order valence-corrected chi connectivity index (χ1v) is 6.76. The fourth-order valence-electron chi connectivity index (χ4n) is 2.81. The van der Waals surface area contributed by atoms with Gasteiger partial charge in [0.05, 0.1) is 11.8 Å². The molecule has 5 heteroatoms. The Morgan fingerprint density at radius 3 is 2.33 bits per heavy atom. The Hall–Kier alpha value is -1.10. The van der Waals surface area contributed by atoms with Crippen LogP contribution in [0.5, 0.6) is 0 Å². The van der Waals surface area contributed by atoms with Crippen molar-refractivity contribution in [3.05, 3.63) is 0 Å². The number of piperidine rings is 1. The molecule has 1 aliphatic heterocycles. The van der Waals surface area contributed by atoms with Crippen molar-refractivity contribution in [2.75, 3.05) is 26.7 Å². The van der Waals surface area contributed by atoms with Crippen LogP contribution in [0.25, 0.3) is 0 Å². The van der Waals surface area contributed by atoms with Crippen LogP contribution >= 0.6 is 0 Å². The quantitative estimate of drug-likeness (QED) is 0.800. The van der Waals surface area contributed by atoms with Gasteiger partial charge in [-0.15, -0.1) is 0 Å². The van der Waals surface area contributed by atoms with E-state index >= 15 is 0 Å². The highest BCUT2D eigenvalue weighted by Gasteiger charge is 2.50. The number of rotatable bonds is 4. The van der Waals surface area contributed by atoms with E-state index in [-0.39, 0.29) is 17.9 Å². The van der Waals surface area contributed by atoms with Gasteiger partial charge in [-0.2, -0.15) is 0 Å². The standard InChI is InChI=1S/C13H22N2O3/c1-3-15-6-4-9(5-7-15)14(2)12(16)10-8-11(10)13(17)18/h9-11H,3-8H2,1-2H3,(H,17,18). The number of nitrogens with zero attached hydrogens (tertiary/aromatic N) is 2. The molecule has 102 valence electrons. The molecule has 5 nitrogen and oxygen atoms in total. The number of carbonyl (C=O) groups excluding carboxylic acids is 1. The Labute approximate surface area is 108 Å². The molecule has 0 aromatic rings. The summed E-state index contributed by atoms with van der Waals surface area (Å²) >= 11 is 0. The van der Waals surface area contributed by atoms with Gasteiger partial charge in [-0.25, -0.2) is 0 Å². The summed E-state index contributed by atoms with van der Waals surface area (Å²) in [5.74, 6) is -1.51. The predicted molar refractivity (Wildman–Crippen MR) is 67.1 cm³/mol. The zero-order chi connectivity index (χ0) is 13.3. The maximum absolute atomic E-state index is 12.1. The van der Waals surface area contributed by atoms with Crippen LogP contribution in [0.15, 0.2) is 0 Å². The van der Waals surface area contributed by atoms with Crippen LogP contribution in [0.2, 0.25) is 0 Å². The molecule has 0 bridgehead atoms. The van der Waals surface area contributed by atoms with Gasteiger partial charge < -0.3 is 14.9 Å². The van der Waals surface area contributed by atoms with Gasteiger partial charge in [-0.3, -0.25) is 9.59 Å². The third-order valence-electron chi connectivity index (χ3n) is 4.32. The SMILES string of the molecule is CCN1CCC(N(C)C(=O)C2CC2C(=O)O)CC1. The molecule has 2 fully saturated rings. The molecule has 1 saturated carbocycles. The number of carboxylic acids is 1. The molecule has 1 heterocycles. The second kappa shape index (κ2) is 5.26. The lowest BCUT2D eigenvalue weighted by molar-refractivity contribution is -0.142. The van der Waals surface area contributed by atoms with Gasteiger partial charge in [-0.1, -0.05) is 6.92 Å². The minimum atomic E-state index is -0.831. The van der Waals surface area contributed by atoms with Crippen LogP contribution in [0.4, 0.5) is 0 Å². The second-order valence-corrected chi connectivity index (χ2v) is 5.40. The molecular weight excluding hydrogens is 232 g/mol. The Morgan fingerprint density at radius 2 is 1.89 bits per heavy atom. The highest BCUT2D eigenvalue weighted by atomic mass is 16.4. The third-order valence-corrected chi connectivity index (χ3v) is 4.32. The maximum Gasteiger partial charge on any atom is 0.307 e. The molecule has 1 saturated heterocycles. The van der Waals surface area contributed by atoms with E-state index in [0.29, 0.717) is 6.42 Å². The van der Waals surface area contributed by atoms with Gasteiger partial charge in [0.2, 0.25) is 5.91 Å². The van der Waals surface area contributed by atoms with E-state index in [2.05, 4.69) is 11.8 Å². The Balaban J connectivity index is 1.83. The molecule has 0 aromatic heterocycles. The van der Waals surface area contributed by atoms with Crippen molar-refractivity contribution >= 4 is 11.9 Å². The summed E-state index contributed by atoms with van der Waals surface area (Å²) in [5, 5.41) is 8.85. The fourth-order valence-corrected chi connectivity index (χ4v) is 2.81. The Kier molecular flexibility index (Phi) is 3.90. The van der Waals surface area contributed by atoms with Crippen LogP contribution < -0.4 is 0 Å². The van der Waals surface area contributed by atoms with E-state index in [0.717, 1.165) is 32.5 Å². The molecule has 2 rings (SSSR count). The minimum Gasteiger partial charge on any atom is -0.481 e. The molecule has 0 spiro atoms. The summed E-state index contributed by atoms with van der Waals surface area (Å²) in [6.07, 6.45) is 2.52. The van der Waals surface area contributed by atoms with Gasteiger partial charge in [0.15, 0.2) is 0 Å². The molecule has 2 atom stereocenters. The van der Waals surface area contributed by atoms with Crippen molar-refractivity contribution in [1.29, 1.82) is 0 Å². The van der Waals surface area contributed by atoms with Crippen molar-refractivity contribution < 1.29 is 14.7 Å². The van der Waals surface area contributed by atoms with Gasteiger partial charge in [0, 0.05) is 26.2 Å². The summed E-state index contributed by atoms with van der Waals surface area (Å²) in [7, 11) is 1.83. The van der Waals surface area contributed by atoms with Gasteiger partial charge >= 0.3 is 5.97 Å². The van der Waals surface area contributed by atoms with Crippen LogP contribution in [0, 0.1) is 11.8 Å². The smallest absolute Gasteiger partial charge is 0.307 e. The Morgan fingerprint density at radius 1 is 1.28 bits per heavy atom. The van der Waals surface area contributed by atoms with Crippen LogP contribution in [0.3, 0.4) is 0 Å². The molecule has 2 unspecified atom stereocenters. The van der Waals surface area contributed by atoms with Crippen molar-refractivity contribution in [3.63, 3.8) is 0 Å². The molecule has 0 aromatic carbocycles. The van der Waals surface area contributed by atoms with E-state index in [4.69, 9.17) is 5.11 Å². The number of amides is 1. The Bertz CT molecular complexity index is 337. The molecule has 18 heavy (non-hydrogen) atoms. The monoisotopic (exact) mass is 254 g/mol. The van der Waals surface area contributed by atoms with E-state index in [9.17, 15) is 9.59 Å². The van der Waals surface area contributed by atoms with Crippen molar-refractivity contribution in [1.82, 2.24) is 9.80 Å². The zero-order valence-corrected chi connectivity index (χ0v) is 11.1. The van der Waals surface area contributed by atoms with E-state index < -0.39 is 11.9 Å². The van der Waals surface area contributed by atoms with Gasteiger partial charge in [-0.05, 0) is 25.8 Å². The maximum atomic E-state index is 12.1. The number of carbonyl (C=O) groups is 2. The first kappa shape index (κ1) is 13.3. The lowest BCUT2D eigenvalue weighted by atomic mass is 10.0. The lowest BCUT2D eigenvalue weighted by Gasteiger charge is -2.36. The number of aliphatic carboxylic acids is 1. The van der Waals surface area contributed by atoms with Crippen molar-refractivity contribution in [3.8, 4) is 0 Å². The summed E-state index contributed by atoms with van der Waals surface area (Å²) < 4.78 is 0. The normalized spacial score (nSPS) is 29.0. The minimum absolute atomic E-state index is 0.0253. The van der Waals surface area contributed by atoms with Crippen molar-refractivity contribution in [2.24, 2.45) is 11.8 Å². The lowest BCUT2D eigenvalue weighted by Crippen LogP contribution is -2.46. The molecular formula is C13H22N2O3. The van der Waals surface area contributed by atoms with E-state index in [1.54, 1.807) is 4.90 Å². The van der Waals surface area contributed by atoms with Crippen LogP contribution in [-0.4, -0.2) is 59.5 Å². The van der Waals surface area contributed by atoms with E-state index in [1.165, 1.54) is 0 Å². The topological polar surface area (TPSA) is 60.9 Å². The summed E-state index contributed by atoms with van der Waals surface area (Å²) in [5.41, 5.74) is 0. The van der Waals surface area contributed by atoms with Gasteiger partial charge in [0.1, 0.15) is 0 Å². The third kappa shape index (κ3) is 2.66. The summed E-state index contributed by atoms with van der Waals surface area (Å²) in [4.78, 5) is 27.1. The largest absolute Gasteiger partial charge is 0.481 e. The van der Waals surface area contributed by atoms with E-state index in [1.807, 2.05) is 7.05 Å². The van der Waals surface area contributed by atoms with Crippen LogP contribution in [-0.2, 0) is 9.59 Å². The highest BCUT2D eigenvalue weighted by Crippen LogP contribution is 2.40. The number of hydrogen-bond donors (Lipinski definition) is 1.